The minimum atomic E-state index is -0.774. The number of rotatable bonds is 9. The van der Waals surface area contributed by atoms with Crippen molar-refractivity contribution in [3.8, 4) is 11.5 Å². The maximum absolute atomic E-state index is 12.4. The summed E-state index contributed by atoms with van der Waals surface area (Å²) in [7, 11) is 1.56. The molecule has 3 aromatic carbocycles. The summed E-state index contributed by atoms with van der Waals surface area (Å²) in [6, 6.07) is 19.7. The van der Waals surface area contributed by atoms with Gasteiger partial charge >= 0.3 is 0 Å². The highest BCUT2D eigenvalue weighted by molar-refractivity contribution is 9.10. The molecule has 2 N–H and O–H groups in total. The van der Waals surface area contributed by atoms with Gasteiger partial charge in [-0.15, -0.1) is 0 Å². The van der Waals surface area contributed by atoms with Crippen molar-refractivity contribution in [2.45, 2.75) is 26.5 Å². The van der Waals surface area contributed by atoms with Gasteiger partial charge < -0.3 is 14.8 Å². The van der Waals surface area contributed by atoms with Crippen LogP contribution in [0.25, 0.3) is 0 Å². The lowest BCUT2D eigenvalue weighted by atomic mass is 10.2. The molecule has 0 bridgehead atoms. The van der Waals surface area contributed by atoms with Crippen LogP contribution in [0, 0.1) is 6.92 Å². The third-order valence-electron chi connectivity index (χ3n) is 4.95. The van der Waals surface area contributed by atoms with Gasteiger partial charge in [0.05, 0.1) is 18.9 Å². The molecule has 34 heavy (non-hydrogen) atoms. The number of hydrogen-bond donors (Lipinski definition) is 2. The first-order valence-electron chi connectivity index (χ1n) is 10.6. The fourth-order valence-corrected chi connectivity index (χ4v) is 3.45. The zero-order chi connectivity index (χ0) is 24.5. The van der Waals surface area contributed by atoms with E-state index in [4.69, 9.17) is 9.47 Å². The first-order valence-corrected chi connectivity index (χ1v) is 11.4. The summed E-state index contributed by atoms with van der Waals surface area (Å²) in [6.45, 7) is 4.04. The van der Waals surface area contributed by atoms with Crippen molar-refractivity contribution in [2.24, 2.45) is 5.10 Å². The summed E-state index contributed by atoms with van der Waals surface area (Å²) >= 11 is 3.33. The Morgan fingerprint density at radius 3 is 2.50 bits per heavy atom. The summed E-state index contributed by atoms with van der Waals surface area (Å²) < 4.78 is 12.0. The lowest BCUT2D eigenvalue weighted by Gasteiger charge is -2.13. The normalized spacial score (nSPS) is 11.6. The van der Waals surface area contributed by atoms with Gasteiger partial charge in [0.25, 0.3) is 11.8 Å². The molecule has 0 aliphatic heterocycles. The second kappa shape index (κ2) is 12.0. The van der Waals surface area contributed by atoms with Gasteiger partial charge in [-0.2, -0.15) is 5.10 Å². The van der Waals surface area contributed by atoms with E-state index in [0.29, 0.717) is 33.7 Å². The number of carbonyl (C=O) groups is 2. The Hall–Kier alpha value is -3.65. The number of nitrogens with one attached hydrogen (secondary N) is 2. The number of hydrazone groups is 1. The number of methoxy groups -OCH3 is 1. The predicted octanol–water partition coefficient (Wildman–Crippen LogP) is 4.61. The van der Waals surface area contributed by atoms with Crippen molar-refractivity contribution >= 4 is 34.0 Å². The highest BCUT2D eigenvalue weighted by atomic mass is 79.9. The summed E-state index contributed by atoms with van der Waals surface area (Å²) in [5, 5.41) is 6.64. The van der Waals surface area contributed by atoms with Crippen LogP contribution in [0.4, 0.5) is 0 Å². The topological polar surface area (TPSA) is 89.0 Å². The molecule has 0 heterocycles. The zero-order valence-corrected chi connectivity index (χ0v) is 20.8. The molecule has 0 radical (unpaired) electrons. The predicted molar refractivity (Wildman–Crippen MR) is 135 cm³/mol. The third kappa shape index (κ3) is 6.92. The van der Waals surface area contributed by atoms with Gasteiger partial charge in [0.15, 0.2) is 11.5 Å². The number of halogens is 1. The largest absolute Gasteiger partial charge is 0.493 e. The standard InChI is InChI=1S/C26H26BrN3O4/c1-17-8-10-19(11-9-17)16-34-23-13-12-20(14-24(23)33-3)15-28-30-25(31)18(2)29-26(32)21-6-4-5-7-22(21)27/h4-15,18H,16H2,1-3H3,(H,29,32)(H,30,31). The molecule has 0 saturated carbocycles. The first kappa shape index (κ1) is 25.0. The van der Waals surface area contributed by atoms with Crippen LogP contribution in [-0.4, -0.2) is 31.2 Å². The molecule has 2 amide bonds. The van der Waals surface area contributed by atoms with E-state index in [2.05, 4.69) is 31.8 Å². The van der Waals surface area contributed by atoms with E-state index in [0.717, 1.165) is 5.56 Å². The van der Waals surface area contributed by atoms with Crippen LogP contribution in [0.15, 0.2) is 76.3 Å². The Morgan fingerprint density at radius 1 is 1.06 bits per heavy atom. The summed E-state index contributed by atoms with van der Waals surface area (Å²) in [4.78, 5) is 24.7. The van der Waals surface area contributed by atoms with Crippen molar-refractivity contribution in [3.05, 3.63) is 93.5 Å². The second-order valence-electron chi connectivity index (χ2n) is 7.59. The van der Waals surface area contributed by atoms with Crippen LogP contribution in [0.3, 0.4) is 0 Å². The van der Waals surface area contributed by atoms with Crippen LogP contribution in [0.1, 0.15) is 34.0 Å². The first-order chi connectivity index (χ1) is 16.4. The van der Waals surface area contributed by atoms with E-state index < -0.39 is 11.9 Å². The summed E-state index contributed by atoms with van der Waals surface area (Å²) in [5.74, 6) is 0.357. The van der Waals surface area contributed by atoms with Gasteiger partial charge in [-0.3, -0.25) is 9.59 Å². The molecule has 7 nitrogen and oxygen atoms in total. The highest BCUT2D eigenvalue weighted by Crippen LogP contribution is 2.28. The van der Waals surface area contributed by atoms with E-state index in [1.165, 1.54) is 11.8 Å². The Labute approximate surface area is 207 Å². The monoisotopic (exact) mass is 523 g/mol. The summed E-state index contributed by atoms with van der Waals surface area (Å²) in [5.41, 5.74) is 5.85. The molecule has 0 aliphatic rings. The number of benzene rings is 3. The van der Waals surface area contributed by atoms with Gasteiger partial charge in [-0.25, -0.2) is 5.43 Å². The van der Waals surface area contributed by atoms with Crippen LogP contribution < -0.4 is 20.2 Å². The number of hydrogen-bond acceptors (Lipinski definition) is 5. The molecular formula is C26H26BrN3O4. The molecule has 176 valence electrons. The number of carbonyl (C=O) groups excluding carboxylic acids is 2. The van der Waals surface area contributed by atoms with E-state index >= 15 is 0 Å². The fraction of sp³-hybridized carbons (Fsp3) is 0.192. The molecule has 0 saturated heterocycles. The summed E-state index contributed by atoms with van der Waals surface area (Å²) in [6.07, 6.45) is 1.49. The Balaban J connectivity index is 1.55. The fourth-order valence-electron chi connectivity index (χ4n) is 2.98. The van der Waals surface area contributed by atoms with Gasteiger partial charge in [0.2, 0.25) is 0 Å². The van der Waals surface area contributed by atoms with Crippen molar-refractivity contribution in [2.75, 3.05) is 7.11 Å². The Bertz CT molecular complexity index is 1180. The van der Waals surface area contributed by atoms with Gasteiger partial charge in [-0.1, -0.05) is 42.0 Å². The van der Waals surface area contributed by atoms with Crippen molar-refractivity contribution in [1.29, 1.82) is 0 Å². The van der Waals surface area contributed by atoms with Gasteiger partial charge in [-0.05, 0) is 71.2 Å². The molecule has 0 aromatic heterocycles. The van der Waals surface area contributed by atoms with E-state index in [1.807, 2.05) is 37.3 Å². The Kier molecular flexibility index (Phi) is 8.81. The molecule has 3 rings (SSSR count). The van der Waals surface area contributed by atoms with Crippen molar-refractivity contribution in [1.82, 2.24) is 10.7 Å². The Morgan fingerprint density at radius 2 is 1.79 bits per heavy atom. The number of ether oxygens (including phenoxy) is 2. The highest BCUT2D eigenvalue weighted by Gasteiger charge is 2.17. The van der Waals surface area contributed by atoms with Crippen molar-refractivity contribution < 1.29 is 19.1 Å². The van der Waals surface area contributed by atoms with E-state index in [-0.39, 0.29) is 5.91 Å². The molecule has 0 aliphatic carbocycles. The third-order valence-corrected chi connectivity index (χ3v) is 5.64. The van der Waals surface area contributed by atoms with Crippen LogP contribution in [0.2, 0.25) is 0 Å². The number of nitrogens with zero attached hydrogens (tertiary/aromatic N) is 1. The number of aryl methyl sites for hydroxylation is 1. The quantitative estimate of drug-likeness (QED) is 0.316. The van der Waals surface area contributed by atoms with E-state index in [9.17, 15) is 9.59 Å². The molecular weight excluding hydrogens is 498 g/mol. The lowest BCUT2D eigenvalue weighted by Crippen LogP contribution is -2.43. The SMILES string of the molecule is COc1cc(C=NNC(=O)C(C)NC(=O)c2ccccc2Br)ccc1OCc1ccc(C)cc1. The van der Waals surface area contributed by atoms with Gasteiger partial charge in [0.1, 0.15) is 12.6 Å². The van der Waals surface area contributed by atoms with Crippen LogP contribution in [0.5, 0.6) is 11.5 Å². The molecule has 1 unspecified atom stereocenters. The second-order valence-corrected chi connectivity index (χ2v) is 8.45. The lowest BCUT2D eigenvalue weighted by molar-refractivity contribution is -0.122. The van der Waals surface area contributed by atoms with E-state index in [1.54, 1.807) is 50.4 Å². The maximum Gasteiger partial charge on any atom is 0.262 e. The minimum absolute atomic E-state index is 0.356. The van der Waals surface area contributed by atoms with Gasteiger partial charge in [0, 0.05) is 4.47 Å². The number of amides is 2. The smallest absolute Gasteiger partial charge is 0.262 e. The minimum Gasteiger partial charge on any atom is -0.493 e. The van der Waals surface area contributed by atoms with Crippen molar-refractivity contribution in [3.63, 3.8) is 0 Å². The van der Waals surface area contributed by atoms with Crippen LogP contribution >= 0.6 is 15.9 Å². The molecule has 1 atom stereocenters. The average molecular weight is 524 g/mol. The van der Waals surface area contributed by atoms with Crippen LogP contribution in [-0.2, 0) is 11.4 Å². The molecule has 3 aromatic rings. The molecule has 0 spiro atoms. The average Bonchev–Trinajstić information content (AvgIpc) is 2.84. The molecule has 8 heteroatoms. The maximum atomic E-state index is 12.4. The zero-order valence-electron chi connectivity index (χ0n) is 19.2. The molecule has 0 fully saturated rings.